The number of halogens is 1. The number of carbonyl (C=O) groups excluding carboxylic acids is 1. The lowest BCUT2D eigenvalue weighted by Gasteiger charge is -2.13. The number of hydrogen-bond acceptors (Lipinski definition) is 5. The Morgan fingerprint density at radius 1 is 1.26 bits per heavy atom. The molecule has 2 aromatic carbocycles. The van der Waals surface area contributed by atoms with Crippen LogP contribution in [0, 0.1) is 17.0 Å². The Labute approximate surface area is 161 Å². The quantitative estimate of drug-likeness (QED) is 0.534. The predicted molar refractivity (Wildman–Crippen MR) is 103 cm³/mol. The fraction of sp³-hybridized carbons (Fsp3) is 0.235. The number of nitro benzene ring substituents is 1. The molecule has 8 nitrogen and oxygen atoms in total. The van der Waals surface area contributed by atoms with E-state index in [9.17, 15) is 23.3 Å². The first-order valence-corrected chi connectivity index (χ1v) is 9.88. The first-order valence-electron chi connectivity index (χ1n) is 8.02. The lowest BCUT2D eigenvalue weighted by molar-refractivity contribution is -0.385. The van der Waals surface area contributed by atoms with E-state index in [1.807, 2.05) is 6.92 Å². The summed E-state index contributed by atoms with van der Waals surface area (Å²) in [6, 6.07) is 8.15. The Kier molecular flexibility index (Phi) is 6.40. The average molecular weight is 412 g/mol. The van der Waals surface area contributed by atoms with E-state index >= 15 is 0 Å². The highest BCUT2D eigenvalue weighted by atomic mass is 35.5. The molecule has 0 aliphatic heterocycles. The highest BCUT2D eigenvalue weighted by Gasteiger charge is 2.24. The van der Waals surface area contributed by atoms with Crippen LogP contribution in [0.25, 0.3) is 0 Å². The maximum atomic E-state index is 12.7. The van der Waals surface area contributed by atoms with Gasteiger partial charge in [0.2, 0.25) is 0 Å². The molecule has 2 aromatic rings. The Balaban J connectivity index is 2.44. The second-order valence-corrected chi connectivity index (χ2v) is 7.80. The maximum Gasteiger partial charge on any atom is 0.275 e. The average Bonchev–Trinajstić information content (AvgIpc) is 2.61. The van der Waals surface area contributed by atoms with Crippen LogP contribution in [0.5, 0.6) is 0 Å². The summed E-state index contributed by atoms with van der Waals surface area (Å²) in [6.45, 7) is 3.76. The minimum absolute atomic E-state index is 0.0430. The molecule has 0 aromatic heterocycles. The molecule has 2 rings (SSSR count). The van der Waals surface area contributed by atoms with Crippen LogP contribution in [-0.4, -0.2) is 25.8 Å². The number of nitrogens with one attached hydrogen (secondary N) is 2. The van der Waals surface area contributed by atoms with Gasteiger partial charge in [-0.25, -0.2) is 8.42 Å². The molecule has 0 aliphatic carbocycles. The van der Waals surface area contributed by atoms with Gasteiger partial charge in [-0.2, -0.15) is 0 Å². The van der Waals surface area contributed by atoms with E-state index in [-0.39, 0.29) is 26.7 Å². The van der Waals surface area contributed by atoms with Crippen LogP contribution in [0.1, 0.15) is 29.3 Å². The van der Waals surface area contributed by atoms with E-state index in [2.05, 4.69) is 10.0 Å². The lowest BCUT2D eigenvalue weighted by atomic mass is 10.1. The van der Waals surface area contributed by atoms with Crippen molar-refractivity contribution in [2.24, 2.45) is 0 Å². The van der Waals surface area contributed by atoms with Crippen LogP contribution < -0.4 is 10.0 Å². The molecule has 0 saturated carbocycles. The molecule has 10 heteroatoms. The normalized spacial score (nSPS) is 11.1. The SMILES string of the molecule is CCCNC(=O)c1ccccc1NS(=O)(=O)c1cc(Cl)c(C)c([N+](=O)[O-])c1. The van der Waals surface area contributed by atoms with E-state index in [1.54, 1.807) is 12.1 Å². The van der Waals surface area contributed by atoms with Gasteiger partial charge >= 0.3 is 0 Å². The zero-order valence-electron chi connectivity index (χ0n) is 14.7. The first-order chi connectivity index (χ1) is 12.7. The Morgan fingerprint density at radius 3 is 2.56 bits per heavy atom. The molecule has 27 heavy (non-hydrogen) atoms. The number of rotatable bonds is 7. The highest BCUT2D eigenvalue weighted by Crippen LogP contribution is 2.30. The largest absolute Gasteiger partial charge is 0.352 e. The number of carbonyl (C=O) groups is 1. The van der Waals surface area contributed by atoms with Gasteiger partial charge in [0, 0.05) is 18.2 Å². The fourth-order valence-corrected chi connectivity index (χ4v) is 3.70. The molecule has 144 valence electrons. The minimum Gasteiger partial charge on any atom is -0.352 e. The van der Waals surface area contributed by atoms with Gasteiger partial charge in [-0.3, -0.25) is 19.6 Å². The van der Waals surface area contributed by atoms with Crippen molar-refractivity contribution in [1.29, 1.82) is 0 Å². The molecule has 0 unspecified atom stereocenters. The topological polar surface area (TPSA) is 118 Å². The molecule has 0 bridgehead atoms. The van der Waals surface area contributed by atoms with Crippen LogP contribution >= 0.6 is 11.6 Å². The Bertz CT molecular complexity index is 992. The summed E-state index contributed by atoms with van der Waals surface area (Å²) < 4.78 is 27.7. The monoisotopic (exact) mass is 411 g/mol. The van der Waals surface area contributed by atoms with Crippen molar-refractivity contribution in [1.82, 2.24) is 5.32 Å². The molecule has 2 N–H and O–H groups in total. The molecular formula is C17H18ClN3O5S. The molecule has 0 heterocycles. The summed E-state index contributed by atoms with van der Waals surface area (Å²) in [7, 11) is -4.20. The summed E-state index contributed by atoms with van der Waals surface area (Å²) in [5.74, 6) is -0.428. The van der Waals surface area contributed by atoms with Crippen LogP contribution in [0.4, 0.5) is 11.4 Å². The third-order valence-corrected chi connectivity index (χ3v) is 5.49. The number of anilines is 1. The van der Waals surface area contributed by atoms with Crippen molar-refractivity contribution in [3.8, 4) is 0 Å². The Hall–Kier alpha value is -2.65. The van der Waals surface area contributed by atoms with Crippen LogP contribution in [0.15, 0.2) is 41.3 Å². The van der Waals surface area contributed by atoms with Gasteiger partial charge in [0.1, 0.15) is 0 Å². The molecule has 0 saturated heterocycles. The van der Waals surface area contributed by atoms with E-state index < -0.39 is 26.5 Å². The maximum absolute atomic E-state index is 12.7. The van der Waals surface area contributed by atoms with Gasteiger partial charge in [-0.15, -0.1) is 0 Å². The minimum atomic E-state index is -4.20. The second-order valence-electron chi connectivity index (χ2n) is 5.71. The number of nitrogens with zero attached hydrogens (tertiary/aromatic N) is 1. The molecule has 0 radical (unpaired) electrons. The fourth-order valence-electron chi connectivity index (χ4n) is 2.29. The standard InChI is InChI=1S/C17H18ClN3O5S/c1-3-8-19-17(22)13-6-4-5-7-15(13)20-27(25,26)12-9-14(18)11(2)16(10-12)21(23)24/h4-7,9-10,20H,3,8H2,1-2H3,(H,19,22). The third-order valence-electron chi connectivity index (χ3n) is 3.75. The van der Waals surface area contributed by atoms with Gasteiger partial charge < -0.3 is 5.32 Å². The molecule has 0 aliphatic rings. The third kappa shape index (κ3) is 4.75. The summed E-state index contributed by atoms with van der Waals surface area (Å²) >= 11 is 5.95. The van der Waals surface area contributed by atoms with Gasteiger partial charge in [-0.1, -0.05) is 30.7 Å². The summed E-state index contributed by atoms with van der Waals surface area (Å²) in [5, 5.41) is 13.8. The van der Waals surface area contributed by atoms with E-state index in [1.165, 1.54) is 19.1 Å². The van der Waals surface area contributed by atoms with Crippen LogP contribution in [-0.2, 0) is 10.0 Å². The summed E-state index contributed by atoms with van der Waals surface area (Å²) in [6.07, 6.45) is 0.727. The van der Waals surface area contributed by atoms with Crippen molar-refractivity contribution in [3.05, 3.63) is 62.7 Å². The highest BCUT2D eigenvalue weighted by molar-refractivity contribution is 7.92. The van der Waals surface area contributed by atoms with Crippen molar-refractivity contribution < 1.29 is 18.1 Å². The molecule has 0 fully saturated rings. The Morgan fingerprint density at radius 2 is 1.93 bits per heavy atom. The summed E-state index contributed by atoms with van der Waals surface area (Å²) in [5.41, 5.74) is -0.0375. The van der Waals surface area contributed by atoms with Crippen LogP contribution in [0.3, 0.4) is 0 Å². The van der Waals surface area contributed by atoms with Gasteiger partial charge in [0.15, 0.2) is 0 Å². The van der Waals surface area contributed by atoms with Gasteiger partial charge in [0.25, 0.3) is 21.6 Å². The smallest absolute Gasteiger partial charge is 0.275 e. The molecule has 0 atom stereocenters. The number of nitro groups is 1. The number of benzene rings is 2. The molecule has 1 amide bonds. The molecule has 0 spiro atoms. The van der Waals surface area contributed by atoms with Crippen molar-refractivity contribution >= 4 is 38.9 Å². The van der Waals surface area contributed by atoms with Crippen LogP contribution in [0.2, 0.25) is 5.02 Å². The number of amides is 1. The van der Waals surface area contributed by atoms with Gasteiger partial charge in [-0.05, 0) is 31.5 Å². The lowest BCUT2D eigenvalue weighted by Crippen LogP contribution is -2.25. The van der Waals surface area contributed by atoms with Crippen molar-refractivity contribution in [3.63, 3.8) is 0 Å². The number of para-hydroxylation sites is 1. The molecular weight excluding hydrogens is 394 g/mol. The van der Waals surface area contributed by atoms with Crippen molar-refractivity contribution in [2.45, 2.75) is 25.2 Å². The zero-order valence-corrected chi connectivity index (χ0v) is 16.2. The van der Waals surface area contributed by atoms with Gasteiger partial charge in [0.05, 0.1) is 26.1 Å². The zero-order chi connectivity index (χ0) is 20.2. The number of hydrogen-bond donors (Lipinski definition) is 2. The first kappa shape index (κ1) is 20.7. The number of sulfonamides is 1. The van der Waals surface area contributed by atoms with E-state index in [0.29, 0.717) is 6.54 Å². The van der Waals surface area contributed by atoms with E-state index in [0.717, 1.165) is 18.6 Å². The van der Waals surface area contributed by atoms with Crippen molar-refractivity contribution in [2.75, 3.05) is 11.3 Å². The summed E-state index contributed by atoms with van der Waals surface area (Å²) in [4.78, 5) is 22.3. The van der Waals surface area contributed by atoms with E-state index in [4.69, 9.17) is 11.6 Å². The second kappa shape index (κ2) is 8.36. The predicted octanol–water partition coefficient (Wildman–Crippen LogP) is 3.50.